The molecule has 19 heteroatoms. The molecule has 3 saturated heterocycles. The zero-order valence-corrected chi connectivity index (χ0v) is 55.9. The molecule has 3 aliphatic heterocycles. The number of allylic oxidation sites excluding steroid dienone is 21. The summed E-state index contributed by atoms with van der Waals surface area (Å²) in [6.45, 7) is 1.56. The molecule has 0 aromatic rings. The summed E-state index contributed by atoms with van der Waals surface area (Å²) in [5, 5.41) is 120. The van der Waals surface area contributed by atoms with E-state index in [-0.39, 0.29) is 18.9 Å². The summed E-state index contributed by atoms with van der Waals surface area (Å²) in [7, 11) is 0. The summed E-state index contributed by atoms with van der Waals surface area (Å²) in [4.78, 5) is 13.4. The van der Waals surface area contributed by atoms with Crippen LogP contribution in [0.1, 0.15) is 194 Å². The van der Waals surface area contributed by atoms with Gasteiger partial charge >= 0.3 is 0 Å². The van der Waals surface area contributed by atoms with Crippen LogP contribution in [0.4, 0.5) is 0 Å². The number of rotatable bonds is 51. The Kier molecular flexibility index (Phi) is 48.3. The van der Waals surface area contributed by atoms with Crippen molar-refractivity contribution in [2.24, 2.45) is 0 Å². The van der Waals surface area contributed by atoms with E-state index in [0.717, 1.165) is 103 Å². The fraction of sp³-hybridized carbons (Fsp3) is 0.689. The minimum absolute atomic E-state index is 0.179. The maximum atomic E-state index is 13.4. The predicted octanol–water partition coefficient (Wildman–Crippen LogP) is 9.38. The van der Waals surface area contributed by atoms with Crippen molar-refractivity contribution in [3.05, 3.63) is 134 Å². The molecule has 530 valence electrons. The average molecular weight is 1310 g/mol. The highest BCUT2D eigenvalue weighted by Gasteiger charge is 2.53. The van der Waals surface area contributed by atoms with Gasteiger partial charge in [-0.25, -0.2) is 0 Å². The lowest BCUT2D eigenvalue weighted by molar-refractivity contribution is -0.379. The van der Waals surface area contributed by atoms with Gasteiger partial charge in [-0.15, -0.1) is 0 Å². The molecule has 0 aromatic carbocycles. The zero-order valence-electron chi connectivity index (χ0n) is 55.9. The van der Waals surface area contributed by atoms with Crippen molar-refractivity contribution in [3.63, 3.8) is 0 Å². The van der Waals surface area contributed by atoms with Crippen LogP contribution in [0.15, 0.2) is 134 Å². The van der Waals surface area contributed by atoms with E-state index < -0.39 is 124 Å². The maximum absolute atomic E-state index is 13.4. The van der Waals surface area contributed by atoms with Crippen LogP contribution in [0.3, 0.4) is 0 Å². The number of amides is 1. The normalized spacial score (nSPS) is 28.4. The first kappa shape index (κ1) is 83.2. The standard InChI is InChI=1S/C74H121NO18/c1-3-5-7-9-11-13-15-17-19-20-21-22-23-24-25-26-27-28-29-30-31-32-33-34-35-36-38-40-42-44-46-48-50-52-62(80)75-57(58(79)51-49-47-45-43-41-39-37-18-16-14-12-10-8-6-4-2)56-88-72-68(86)65(83)70(60(54-77)90-72)93-74-69(87)66(84)71(61(55-78)91-74)92-73-67(85)64(82)63(81)59(53-76)89-73/h5,7,11,13,17,19,21-22,24-25,27-28,30-31,33-34,36,38,42,44,49,51,57-61,63-74,76-79,81-87H,3-4,6,8-10,12,14-16,18,20,23,26,29,32,35,37,39-41,43,45-48,50,52-56H2,1-2H3,(H,75,80)/b7-5-,13-11-,19-17-,22-21-,25-24-,28-27-,31-30-,34-33-,38-36-,44-42-,51-49+. The van der Waals surface area contributed by atoms with Gasteiger partial charge in [0.15, 0.2) is 18.9 Å². The molecule has 0 spiro atoms. The van der Waals surface area contributed by atoms with E-state index in [2.05, 4.69) is 141 Å². The van der Waals surface area contributed by atoms with Crippen LogP contribution >= 0.6 is 0 Å². The van der Waals surface area contributed by atoms with E-state index in [0.29, 0.717) is 6.42 Å². The Morgan fingerprint density at radius 1 is 0.398 bits per heavy atom. The summed E-state index contributed by atoms with van der Waals surface area (Å²) >= 11 is 0. The van der Waals surface area contributed by atoms with Crippen LogP contribution in [0.25, 0.3) is 0 Å². The van der Waals surface area contributed by atoms with Crippen LogP contribution in [0, 0.1) is 0 Å². The molecular weight excluding hydrogens is 1190 g/mol. The van der Waals surface area contributed by atoms with E-state index in [1.165, 1.54) is 64.2 Å². The van der Waals surface area contributed by atoms with E-state index >= 15 is 0 Å². The third kappa shape index (κ3) is 35.7. The summed E-state index contributed by atoms with van der Waals surface area (Å²) in [5.41, 5.74) is 0. The summed E-state index contributed by atoms with van der Waals surface area (Å²) in [6.07, 6.45) is 48.5. The SMILES string of the molecule is CC/C=C\C/C=C\C/C=C\C/C=C\C/C=C\C/C=C\C/C=C\C/C=C\C/C=C\C/C=C\CCCCC(=O)NC(COC1OC(CO)C(OC2OC(CO)C(OC3OC(CO)C(O)C(O)C3O)C(O)C2O)C(O)C1O)C(O)/C=C/CCCCCCCCCCCCCCC. The highest BCUT2D eigenvalue weighted by molar-refractivity contribution is 5.76. The highest BCUT2D eigenvalue weighted by Crippen LogP contribution is 2.33. The van der Waals surface area contributed by atoms with Gasteiger partial charge in [-0.1, -0.05) is 225 Å². The first-order valence-electron chi connectivity index (χ1n) is 34.9. The Bertz CT molecular complexity index is 2210. The molecule has 19 nitrogen and oxygen atoms in total. The Morgan fingerprint density at radius 2 is 0.742 bits per heavy atom. The summed E-state index contributed by atoms with van der Waals surface area (Å²) < 4.78 is 34.3. The topological polar surface area (TPSA) is 307 Å². The van der Waals surface area contributed by atoms with E-state index in [9.17, 15) is 61.0 Å². The average Bonchev–Trinajstić information content (AvgIpc) is 0.902. The van der Waals surface area contributed by atoms with Crippen molar-refractivity contribution >= 4 is 5.91 Å². The number of hydrogen-bond acceptors (Lipinski definition) is 18. The van der Waals surface area contributed by atoms with Gasteiger partial charge in [-0.3, -0.25) is 4.79 Å². The zero-order chi connectivity index (χ0) is 67.5. The molecule has 3 rings (SSSR count). The summed E-state index contributed by atoms with van der Waals surface area (Å²) in [6, 6.07) is -1.01. The van der Waals surface area contributed by atoms with Gasteiger partial charge in [0.1, 0.15) is 73.2 Å². The van der Waals surface area contributed by atoms with Gasteiger partial charge in [0.25, 0.3) is 0 Å². The lowest BCUT2D eigenvalue weighted by Gasteiger charge is -2.48. The van der Waals surface area contributed by atoms with Crippen molar-refractivity contribution in [2.75, 3.05) is 26.4 Å². The maximum Gasteiger partial charge on any atom is 0.220 e. The monoisotopic (exact) mass is 1310 g/mol. The van der Waals surface area contributed by atoms with Crippen molar-refractivity contribution in [1.29, 1.82) is 0 Å². The van der Waals surface area contributed by atoms with Crippen LogP contribution in [-0.4, -0.2) is 193 Å². The van der Waals surface area contributed by atoms with Crippen molar-refractivity contribution in [1.82, 2.24) is 5.32 Å². The van der Waals surface area contributed by atoms with Gasteiger partial charge < -0.3 is 89.9 Å². The molecule has 93 heavy (non-hydrogen) atoms. The quantitative estimate of drug-likeness (QED) is 0.0199. The minimum atomic E-state index is -1.99. The first-order valence-corrected chi connectivity index (χ1v) is 34.9. The van der Waals surface area contributed by atoms with Crippen molar-refractivity contribution in [2.45, 2.75) is 298 Å². The Balaban J connectivity index is 1.43. The van der Waals surface area contributed by atoms with Crippen LogP contribution in [0.2, 0.25) is 0 Å². The summed E-state index contributed by atoms with van der Waals surface area (Å²) in [5.74, 6) is -0.324. The van der Waals surface area contributed by atoms with Gasteiger partial charge in [0, 0.05) is 6.42 Å². The Morgan fingerprint density at radius 3 is 1.16 bits per heavy atom. The largest absolute Gasteiger partial charge is 0.394 e. The highest BCUT2D eigenvalue weighted by atomic mass is 16.8. The molecular formula is C74H121NO18. The first-order chi connectivity index (χ1) is 45.3. The van der Waals surface area contributed by atoms with Crippen molar-refractivity contribution in [3.8, 4) is 0 Å². The van der Waals surface area contributed by atoms with Crippen LogP contribution in [0.5, 0.6) is 0 Å². The van der Waals surface area contributed by atoms with Crippen LogP contribution < -0.4 is 5.32 Å². The number of carbonyl (C=O) groups excluding carboxylic acids is 1. The molecule has 17 atom stereocenters. The van der Waals surface area contributed by atoms with Gasteiger partial charge in [0.2, 0.25) is 5.91 Å². The lowest BCUT2D eigenvalue weighted by Crippen LogP contribution is -2.66. The molecule has 3 fully saturated rings. The third-order valence-electron chi connectivity index (χ3n) is 16.5. The number of hydrogen-bond donors (Lipinski definition) is 12. The molecule has 1 amide bonds. The predicted molar refractivity (Wildman–Crippen MR) is 364 cm³/mol. The molecule has 0 saturated carbocycles. The minimum Gasteiger partial charge on any atom is -0.394 e. The number of nitrogens with one attached hydrogen (secondary N) is 1. The third-order valence-corrected chi connectivity index (χ3v) is 16.5. The Labute approximate surface area is 556 Å². The molecule has 0 bridgehead atoms. The van der Waals surface area contributed by atoms with Gasteiger partial charge in [0.05, 0.1) is 38.6 Å². The number of unbranched alkanes of at least 4 members (excludes halogenated alkanes) is 15. The molecule has 3 heterocycles. The second kappa shape index (κ2) is 54.0. The van der Waals surface area contributed by atoms with Crippen molar-refractivity contribution < 1.29 is 89.4 Å². The second-order valence-electron chi connectivity index (χ2n) is 24.3. The fourth-order valence-electron chi connectivity index (χ4n) is 10.8. The molecule has 0 aliphatic carbocycles. The molecule has 3 aliphatic rings. The Hall–Kier alpha value is -4.07. The molecule has 17 unspecified atom stereocenters. The number of aliphatic hydroxyl groups excluding tert-OH is 11. The van der Waals surface area contributed by atoms with E-state index in [1.54, 1.807) is 6.08 Å². The fourth-order valence-corrected chi connectivity index (χ4v) is 10.8. The number of ether oxygens (including phenoxy) is 6. The van der Waals surface area contributed by atoms with Crippen LogP contribution in [-0.2, 0) is 33.2 Å². The second-order valence-corrected chi connectivity index (χ2v) is 24.3. The smallest absolute Gasteiger partial charge is 0.220 e. The molecule has 0 radical (unpaired) electrons. The number of carbonyl (C=O) groups is 1. The van der Waals surface area contributed by atoms with E-state index in [4.69, 9.17) is 28.4 Å². The lowest BCUT2D eigenvalue weighted by atomic mass is 9.96. The molecule has 0 aromatic heterocycles. The molecule has 12 N–H and O–H groups in total. The number of aliphatic hydroxyl groups is 11. The van der Waals surface area contributed by atoms with Gasteiger partial charge in [-0.2, -0.15) is 0 Å². The van der Waals surface area contributed by atoms with Gasteiger partial charge in [-0.05, 0) is 96.3 Å². The van der Waals surface area contributed by atoms with E-state index in [1.807, 2.05) is 6.08 Å².